The minimum absolute atomic E-state index is 0.208. The summed E-state index contributed by atoms with van der Waals surface area (Å²) in [5, 5.41) is 9.70. The number of H-pyrrole nitrogens is 1. The summed E-state index contributed by atoms with van der Waals surface area (Å²) in [6.45, 7) is 2.96. The van der Waals surface area contributed by atoms with E-state index >= 15 is 0 Å². The van der Waals surface area contributed by atoms with Gasteiger partial charge in [-0.1, -0.05) is 18.2 Å². The number of nitriles is 1. The molecular formula is C23H22N4O3. The number of carbonyl (C=O) groups is 2. The van der Waals surface area contributed by atoms with E-state index in [1.165, 1.54) is 0 Å². The normalized spacial score (nSPS) is 15.5. The zero-order valence-corrected chi connectivity index (χ0v) is 16.7. The number of fused-ring (bicyclic) bond motifs is 1. The number of piperidine rings is 1. The smallest absolute Gasteiger partial charge is 0.309 e. The summed E-state index contributed by atoms with van der Waals surface area (Å²) in [4.78, 5) is 34.9. The Hall–Kier alpha value is -3.66. The van der Waals surface area contributed by atoms with E-state index in [9.17, 15) is 9.59 Å². The quantitative estimate of drug-likeness (QED) is 0.518. The number of anilines is 1. The van der Waals surface area contributed by atoms with E-state index in [2.05, 4.69) is 20.9 Å². The van der Waals surface area contributed by atoms with Crippen molar-refractivity contribution in [3.63, 3.8) is 0 Å². The fourth-order valence-corrected chi connectivity index (χ4v) is 3.80. The molecule has 0 radical (unpaired) electrons. The van der Waals surface area contributed by atoms with Crippen LogP contribution in [0.1, 0.15) is 35.7 Å². The number of nitrogens with zero attached hydrogens (tertiary/aromatic N) is 3. The second kappa shape index (κ2) is 8.37. The number of para-hydroxylation sites is 1. The maximum atomic E-state index is 12.8. The summed E-state index contributed by atoms with van der Waals surface area (Å²) in [6.07, 6.45) is 3.65. The van der Waals surface area contributed by atoms with Gasteiger partial charge in [0, 0.05) is 41.9 Å². The third-order valence-electron chi connectivity index (χ3n) is 5.55. The molecule has 1 saturated heterocycles. The second-order valence-corrected chi connectivity index (χ2v) is 7.47. The van der Waals surface area contributed by atoms with Crippen LogP contribution >= 0.6 is 0 Å². The molecule has 4 rings (SSSR count). The van der Waals surface area contributed by atoms with Gasteiger partial charge in [0.05, 0.1) is 11.5 Å². The third kappa shape index (κ3) is 3.90. The number of benzene rings is 1. The van der Waals surface area contributed by atoms with E-state index in [0.29, 0.717) is 37.1 Å². The fraction of sp³-hybridized carbons (Fsp3) is 0.304. The van der Waals surface area contributed by atoms with Gasteiger partial charge < -0.3 is 14.6 Å². The first kappa shape index (κ1) is 19.6. The highest BCUT2D eigenvalue weighted by atomic mass is 16.5. The molecule has 1 atom stereocenters. The van der Waals surface area contributed by atoms with Crippen molar-refractivity contribution >= 4 is 28.5 Å². The van der Waals surface area contributed by atoms with Crippen LogP contribution in [0.5, 0.6) is 0 Å². The van der Waals surface area contributed by atoms with Gasteiger partial charge in [0.15, 0.2) is 6.10 Å². The molecule has 0 bridgehead atoms. The highest BCUT2D eigenvalue weighted by Gasteiger charge is 2.30. The highest BCUT2D eigenvalue weighted by Crippen LogP contribution is 2.24. The number of esters is 1. The van der Waals surface area contributed by atoms with Crippen LogP contribution in [0.2, 0.25) is 0 Å². The molecule has 1 aliphatic heterocycles. The van der Waals surface area contributed by atoms with Crippen molar-refractivity contribution in [2.45, 2.75) is 25.9 Å². The first-order valence-electron chi connectivity index (χ1n) is 9.98. The van der Waals surface area contributed by atoms with Crippen LogP contribution in [0, 0.1) is 17.2 Å². The van der Waals surface area contributed by atoms with Gasteiger partial charge in [-0.05, 0) is 38.0 Å². The van der Waals surface area contributed by atoms with Crippen LogP contribution < -0.4 is 4.90 Å². The number of aromatic nitrogens is 2. The van der Waals surface area contributed by atoms with Gasteiger partial charge in [-0.15, -0.1) is 0 Å². The van der Waals surface area contributed by atoms with Crippen LogP contribution in [0.3, 0.4) is 0 Å². The van der Waals surface area contributed by atoms with E-state index in [1.54, 1.807) is 25.4 Å². The maximum Gasteiger partial charge on any atom is 0.309 e. The fourth-order valence-electron chi connectivity index (χ4n) is 3.80. The van der Waals surface area contributed by atoms with Crippen molar-refractivity contribution in [1.82, 2.24) is 9.97 Å². The summed E-state index contributed by atoms with van der Waals surface area (Å²) in [5.41, 5.74) is 1.93. The molecule has 2 aromatic heterocycles. The number of carbonyl (C=O) groups excluding carboxylic acids is 2. The predicted octanol–water partition coefficient (Wildman–Crippen LogP) is 3.47. The van der Waals surface area contributed by atoms with Crippen molar-refractivity contribution in [2.75, 3.05) is 18.0 Å². The summed E-state index contributed by atoms with van der Waals surface area (Å²) >= 11 is 0. The number of Topliss-reactive ketones (excluding diaryl/α,β-unsaturated/α-hetero) is 1. The summed E-state index contributed by atoms with van der Waals surface area (Å²) in [5.74, 6) is 0.0182. The standard InChI is InChI=1S/C23H22N4O3/c1-15(22(28)19-14-25-20-5-3-2-4-18(19)20)30-23(29)17-8-10-27(11-9-17)21-7-6-16(12-24)13-26-21/h2-7,13-15,17,25H,8-11H2,1H3/t15-/m1/s1. The zero-order valence-electron chi connectivity index (χ0n) is 16.7. The molecule has 1 aliphatic rings. The van der Waals surface area contributed by atoms with E-state index < -0.39 is 6.10 Å². The molecule has 1 N–H and O–H groups in total. The Morgan fingerprint density at radius 2 is 2.00 bits per heavy atom. The Bertz CT molecular complexity index is 1110. The van der Waals surface area contributed by atoms with Gasteiger partial charge in [0.2, 0.25) is 5.78 Å². The van der Waals surface area contributed by atoms with Gasteiger partial charge in [-0.25, -0.2) is 4.98 Å². The lowest BCUT2D eigenvalue weighted by Crippen LogP contribution is -2.38. The zero-order chi connectivity index (χ0) is 21.1. The van der Waals surface area contributed by atoms with Crippen LogP contribution in [-0.2, 0) is 9.53 Å². The largest absolute Gasteiger partial charge is 0.454 e. The summed E-state index contributed by atoms with van der Waals surface area (Å²) in [6, 6.07) is 13.2. The average molecular weight is 402 g/mol. The summed E-state index contributed by atoms with van der Waals surface area (Å²) in [7, 11) is 0. The Morgan fingerprint density at radius 1 is 1.23 bits per heavy atom. The molecule has 7 heteroatoms. The first-order chi connectivity index (χ1) is 14.6. The topological polar surface area (TPSA) is 99.1 Å². The Kier molecular flexibility index (Phi) is 5.48. The summed E-state index contributed by atoms with van der Waals surface area (Å²) < 4.78 is 5.52. The van der Waals surface area contributed by atoms with Crippen molar-refractivity contribution in [2.24, 2.45) is 5.92 Å². The molecule has 152 valence electrons. The van der Waals surface area contributed by atoms with Crippen LogP contribution in [0.25, 0.3) is 10.9 Å². The van der Waals surface area contributed by atoms with E-state index in [-0.39, 0.29) is 17.7 Å². The van der Waals surface area contributed by atoms with Gasteiger partial charge in [0.1, 0.15) is 11.9 Å². The number of hydrogen-bond donors (Lipinski definition) is 1. The lowest BCUT2D eigenvalue weighted by Gasteiger charge is -2.32. The van der Waals surface area contributed by atoms with Crippen molar-refractivity contribution in [3.8, 4) is 6.07 Å². The molecule has 3 heterocycles. The molecule has 7 nitrogen and oxygen atoms in total. The lowest BCUT2D eigenvalue weighted by atomic mass is 9.96. The second-order valence-electron chi connectivity index (χ2n) is 7.47. The number of aromatic amines is 1. The number of ether oxygens (including phenoxy) is 1. The van der Waals surface area contributed by atoms with Crippen LogP contribution in [-0.4, -0.2) is 40.9 Å². The van der Waals surface area contributed by atoms with Crippen molar-refractivity contribution < 1.29 is 14.3 Å². The minimum Gasteiger partial charge on any atom is -0.454 e. The third-order valence-corrected chi connectivity index (χ3v) is 5.55. The van der Waals surface area contributed by atoms with Crippen LogP contribution in [0.15, 0.2) is 48.8 Å². The number of nitrogens with one attached hydrogen (secondary N) is 1. The number of ketones is 1. The molecule has 3 aromatic rings. The van der Waals surface area contributed by atoms with Gasteiger partial charge in [0.25, 0.3) is 0 Å². The van der Waals surface area contributed by atoms with Crippen LogP contribution in [0.4, 0.5) is 5.82 Å². The van der Waals surface area contributed by atoms with E-state index in [1.807, 2.05) is 30.3 Å². The average Bonchev–Trinajstić information content (AvgIpc) is 3.23. The molecule has 0 amide bonds. The Morgan fingerprint density at radius 3 is 2.70 bits per heavy atom. The van der Waals surface area contributed by atoms with Crippen molar-refractivity contribution in [1.29, 1.82) is 5.26 Å². The molecule has 1 fully saturated rings. The molecule has 1 aromatic carbocycles. The van der Waals surface area contributed by atoms with E-state index in [0.717, 1.165) is 16.7 Å². The van der Waals surface area contributed by atoms with E-state index in [4.69, 9.17) is 10.00 Å². The predicted molar refractivity (Wildman–Crippen MR) is 112 cm³/mol. The Balaban J connectivity index is 1.34. The number of rotatable bonds is 5. The first-order valence-corrected chi connectivity index (χ1v) is 9.98. The monoisotopic (exact) mass is 402 g/mol. The molecule has 0 saturated carbocycles. The van der Waals surface area contributed by atoms with Crippen molar-refractivity contribution in [3.05, 3.63) is 59.9 Å². The lowest BCUT2D eigenvalue weighted by molar-refractivity contribution is -0.151. The number of pyridine rings is 1. The maximum absolute atomic E-state index is 12.8. The van der Waals surface area contributed by atoms with Gasteiger partial charge in [-0.2, -0.15) is 5.26 Å². The Labute approximate surface area is 174 Å². The molecule has 30 heavy (non-hydrogen) atoms. The highest BCUT2D eigenvalue weighted by molar-refractivity contribution is 6.10. The number of hydrogen-bond acceptors (Lipinski definition) is 6. The SMILES string of the molecule is C[C@@H](OC(=O)C1CCN(c2ccc(C#N)cn2)CC1)C(=O)c1c[nH]c2ccccc12. The molecular weight excluding hydrogens is 380 g/mol. The van der Waals surface area contributed by atoms with Gasteiger partial charge >= 0.3 is 5.97 Å². The minimum atomic E-state index is -0.838. The molecule has 0 unspecified atom stereocenters. The van der Waals surface area contributed by atoms with Gasteiger partial charge in [-0.3, -0.25) is 9.59 Å². The molecule has 0 aliphatic carbocycles. The molecule has 0 spiro atoms.